The molecule has 0 aliphatic carbocycles. The van der Waals surface area contributed by atoms with Crippen LogP contribution < -0.4 is 0 Å². The van der Waals surface area contributed by atoms with Crippen LogP contribution in [0.5, 0.6) is 0 Å². The van der Waals surface area contributed by atoms with Gasteiger partial charge in [-0.25, -0.2) is 9.50 Å². The Morgan fingerprint density at radius 3 is 3.07 bits per heavy atom. The summed E-state index contributed by atoms with van der Waals surface area (Å²) in [6, 6.07) is 7.65. The van der Waals surface area contributed by atoms with Crippen LogP contribution in [0.1, 0.15) is 5.56 Å². The van der Waals surface area contributed by atoms with Crippen LogP contribution in [-0.4, -0.2) is 14.6 Å². The second-order valence-corrected chi connectivity index (χ2v) is 3.42. The van der Waals surface area contributed by atoms with Crippen LogP contribution >= 0.6 is 0 Å². The first kappa shape index (κ1) is 8.23. The average molecular weight is 199 g/mol. The van der Waals surface area contributed by atoms with E-state index in [0.29, 0.717) is 11.6 Å². The molecule has 0 N–H and O–H groups in total. The first-order chi connectivity index (χ1) is 7.33. The third-order valence-electron chi connectivity index (χ3n) is 2.23. The lowest BCUT2D eigenvalue weighted by molar-refractivity contribution is 0.577. The first-order valence-corrected chi connectivity index (χ1v) is 4.70. The van der Waals surface area contributed by atoms with E-state index in [4.69, 9.17) is 4.42 Å². The molecular formula is C11H9N3O. The molecule has 4 heteroatoms. The maximum atomic E-state index is 5.24. The number of fused-ring (bicyclic) bond motifs is 1. The number of rotatable bonds is 1. The molecule has 0 amide bonds. The zero-order valence-corrected chi connectivity index (χ0v) is 8.21. The van der Waals surface area contributed by atoms with Crippen LogP contribution in [0.25, 0.3) is 17.2 Å². The van der Waals surface area contributed by atoms with Gasteiger partial charge < -0.3 is 4.42 Å². The van der Waals surface area contributed by atoms with Gasteiger partial charge in [-0.1, -0.05) is 0 Å². The fourth-order valence-electron chi connectivity index (χ4n) is 1.49. The Morgan fingerprint density at radius 1 is 1.33 bits per heavy atom. The van der Waals surface area contributed by atoms with Gasteiger partial charge in [0.1, 0.15) is 0 Å². The van der Waals surface area contributed by atoms with Crippen molar-refractivity contribution in [2.45, 2.75) is 6.92 Å². The number of pyridine rings is 1. The molecule has 0 saturated heterocycles. The molecule has 3 heterocycles. The predicted molar refractivity (Wildman–Crippen MR) is 55.4 cm³/mol. The highest BCUT2D eigenvalue weighted by Gasteiger charge is 2.07. The Morgan fingerprint density at radius 2 is 2.27 bits per heavy atom. The van der Waals surface area contributed by atoms with E-state index < -0.39 is 0 Å². The largest absolute Gasteiger partial charge is 0.461 e. The van der Waals surface area contributed by atoms with E-state index in [9.17, 15) is 0 Å². The molecule has 0 radical (unpaired) electrons. The van der Waals surface area contributed by atoms with E-state index in [2.05, 4.69) is 10.1 Å². The van der Waals surface area contributed by atoms with Crippen LogP contribution in [-0.2, 0) is 0 Å². The summed E-state index contributed by atoms with van der Waals surface area (Å²) in [5.41, 5.74) is 2.00. The van der Waals surface area contributed by atoms with E-state index in [1.54, 1.807) is 10.8 Å². The van der Waals surface area contributed by atoms with E-state index >= 15 is 0 Å². The number of hydrogen-bond donors (Lipinski definition) is 0. The molecule has 0 saturated carbocycles. The minimum absolute atomic E-state index is 0.616. The van der Waals surface area contributed by atoms with Crippen LogP contribution in [0.15, 0.2) is 41.1 Å². The fraction of sp³-hybridized carbons (Fsp3) is 0.0909. The van der Waals surface area contributed by atoms with Crippen molar-refractivity contribution in [1.29, 1.82) is 0 Å². The molecule has 0 spiro atoms. The predicted octanol–water partition coefficient (Wildman–Crippen LogP) is 2.30. The molecule has 0 aliphatic rings. The lowest BCUT2D eigenvalue weighted by Gasteiger charge is -1.90. The molecule has 0 unspecified atom stereocenters. The standard InChI is InChI=1S/C11H9N3O/c1-8-4-5-14-10(7-8)12-11(13-14)9-3-2-6-15-9/h2-7H,1H3. The monoisotopic (exact) mass is 199 g/mol. The third-order valence-corrected chi connectivity index (χ3v) is 2.23. The Hall–Kier alpha value is -2.10. The summed E-state index contributed by atoms with van der Waals surface area (Å²) >= 11 is 0. The SMILES string of the molecule is Cc1ccn2nc(-c3ccco3)nc2c1. The molecule has 3 rings (SSSR count). The Labute approximate surface area is 86.2 Å². The van der Waals surface area contributed by atoms with Crippen molar-refractivity contribution in [3.8, 4) is 11.6 Å². The highest BCUT2D eigenvalue weighted by Crippen LogP contribution is 2.16. The quantitative estimate of drug-likeness (QED) is 0.604. The zero-order chi connectivity index (χ0) is 10.3. The molecule has 3 aromatic rings. The molecule has 0 bridgehead atoms. The van der Waals surface area contributed by atoms with Gasteiger partial charge in [0.15, 0.2) is 11.4 Å². The summed E-state index contributed by atoms with van der Waals surface area (Å²) in [6.45, 7) is 2.03. The van der Waals surface area contributed by atoms with Crippen molar-refractivity contribution < 1.29 is 4.42 Å². The molecular weight excluding hydrogens is 190 g/mol. The van der Waals surface area contributed by atoms with Gasteiger partial charge in [0.25, 0.3) is 0 Å². The van der Waals surface area contributed by atoms with Crippen molar-refractivity contribution in [3.63, 3.8) is 0 Å². The van der Waals surface area contributed by atoms with Crippen molar-refractivity contribution in [2.24, 2.45) is 0 Å². The van der Waals surface area contributed by atoms with Crippen LogP contribution in [0, 0.1) is 6.92 Å². The van der Waals surface area contributed by atoms with Gasteiger partial charge in [-0.3, -0.25) is 0 Å². The van der Waals surface area contributed by atoms with Gasteiger partial charge in [0.2, 0.25) is 5.82 Å². The first-order valence-electron chi connectivity index (χ1n) is 4.70. The van der Waals surface area contributed by atoms with E-state index in [-0.39, 0.29) is 0 Å². The fourth-order valence-corrected chi connectivity index (χ4v) is 1.49. The van der Waals surface area contributed by atoms with Crippen LogP contribution in [0.3, 0.4) is 0 Å². The summed E-state index contributed by atoms with van der Waals surface area (Å²) < 4.78 is 6.98. The summed E-state index contributed by atoms with van der Waals surface area (Å²) in [7, 11) is 0. The molecule has 0 atom stereocenters. The molecule has 0 aromatic carbocycles. The number of aryl methyl sites for hydroxylation is 1. The second kappa shape index (κ2) is 2.95. The van der Waals surface area contributed by atoms with Gasteiger partial charge in [0, 0.05) is 6.20 Å². The Balaban J connectivity index is 2.22. The van der Waals surface area contributed by atoms with Crippen LogP contribution in [0.2, 0.25) is 0 Å². The maximum Gasteiger partial charge on any atom is 0.217 e. The molecule has 4 nitrogen and oxygen atoms in total. The molecule has 15 heavy (non-hydrogen) atoms. The average Bonchev–Trinajstić information content (AvgIpc) is 2.84. The van der Waals surface area contributed by atoms with Gasteiger partial charge in [-0.15, -0.1) is 5.10 Å². The highest BCUT2D eigenvalue weighted by molar-refractivity contribution is 5.52. The molecule has 0 aliphatic heterocycles. The van der Waals surface area contributed by atoms with Crippen molar-refractivity contribution in [3.05, 3.63) is 42.3 Å². The topological polar surface area (TPSA) is 43.3 Å². The van der Waals surface area contributed by atoms with Gasteiger partial charge >= 0.3 is 0 Å². The van der Waals surface area contributed by atoms with Gasteiger partial charge in [-0.05, 0) is 36.8 Å². The minimum Gasteiger partial charge on any atom is -0.461 e. The Kier molecular flexibility index (Phi) is 1.62. The van der Waals surface area contributed by atoms with Crippen molar-refractivity contribution in [1.82, 2.24) is 14.6 Å². The zero-order valence-electron chi connectivity index (χ0n) is 8.21. The van der Waals surface area contributed by atoms with E-state index in [0.717, 1.165) is 5.65 Å². The lowest BCUT2D eigenvalue weighted by Crippen LogP contribution is -1.86. The number of nitrogens with zero attached hydrogens (tertiary/aromatic N) is 3. The maximum absolute atomic E-state index is 5.24. The summed E-state index contributed by atoms with van der Waals surface area (Å²) in [4.78, 5) is 4.37. The summed E-state index contributed by atoms with van der Waals surface area (Å²) in [6.07, 6.45) is 3.51. The molecule has 0 fully saturated rings. The summed E-state index contributed by atoms with van der Waals surface area (Å²) in [5.74, 6) is 1.31. The van der Waals surface area contributed by atoms with Crippen molar-refractivity contribution in [2.75, 3.05) is 0 Å². The van der Waals surface area contributed by atoms with Crippen LogP contribution in [0.4, 0.5) is 0 Å². The van der Waals surface area contributed by atoms with Gasteiger partial charge in [0.05, 0.1) is 6.26 Å². The van der Waals surface area contributed by atoms with Gasteiger partial charge in [-0.2, -0.15) is 0 Å². The molecule has 3 aromatic heterocycles. The van der Waals surface area contributed by atoms with Crippen molar-refractivity contribution >= 4 is 5.65 Å². The third kappa shape index (κ3) is 1.30. The number of aromatic nitrogens is 3. The van der Waals surface area contributed by atoms with E-state index in [1.807, 2.05) is 37.4 Å². The second-order valence-electron chi connectivity index (χ2n) is 3.42. The normalized spacial score (nSPS) is 11.0. The Bertz CT molecular complexity index is 595. The lowest BCUT2D eigenvalue weighted by atomic mass is 10.3. The molecule has 74 valence electrons. The van der Waals surface area contributed by atoms with E-state index in [1.165, 1.54) is 5.56 Å². The minimum atomic E-state index is 0.616. The number of furan rings is 1. The summed E-state index contributed by atoms with van der Waals surface area (Å²) in [5, 5.41) is 4.31. The smallest absolute Gasteiger partial charge is 0.217 e. The number of hydrogen-bond acceptors (Lipinski definition) is 3. The highest BCUT2D eigenvalue weighted by atomic mass is 16.3.